The van der Waals surface area contributed by atoms with Crippen molar-refractivity contribution in [2.45, 2.75) is 6.92 Å². The molecule has 0 bridgehead atoms. The van der Waals surface area contributed by atoms with Crippen LogP contribution in [0.5, 0.6) is 0 Å². The lowest BCUT2D eigenvalue weighted by molar-refractivity contribution is -0.114. The van der Waals surface area contributed by atoms with E-state index in [-0.39, 0.29) is 11.5 Å². The zero-order valence-corrected chi connectivity index (χ0v) is 11.5. The molecule has 0 saturated carbocycles. The van der Waals surface area contributed by atoms with Gasteiger partial charge in [0.1, 0.15) is 0 Å². The number of carbonyl (C=O) groups excluding carboxylic acids is 1. The third kappa shape index (κ3) is 4.04. The standard InChI is InChI=1S/C17H15NO3/c1-12(19)18-16-10-9-14(11-15(16)17(20)21)8-7-13-5-3-2-4-6-13/h2-11H,1H3,(H,18,19)(H,20,21). The average Bonchev–Trinajstić information content (AvgIpc) is 2.46. The molecule has 0 saturated heterocycles. The molecule has 1 amide bonds. The molecule has 4 nitrogen and oxygen atoms in total. The summed E-state index contributed by atoms with van der Waals surface area (Å²) in [5.41, 5.74) is 2.15. The zero-order chi connectivity index (χ0) is 15.2. The number of benzene rings is 2. The van der Waals surface area contributed by atoms with Gasteiger partial charge < -0.3 is 10.4 Å². The molecule has 2 N–H and O–H groups in total. The van der Waals surface area contributed by atoms with E-state index >= 15 is 0 Å². The highest BCUT2D eigenvalue weighted by Gasteiger charge is 2.11. The van der Waals surface area contributed by atoms with Gasteiger partial charge in [-0.05, 0) is 23.3 Å². The predicted octanol–water partition coefficient (Wildman–Crippen LogP) is 3.51. The first-order chi connectivity index (χ1) is 10.1. The van der Waals surface area contributed by atoms with Crippen LogP contribution in [-0.4, -0.2) is 17.0 Å². The van der Waals surface area contributed by atoms with Gasteiger partial charge in [-0.1, -0.05) is 48.6 Å². The van der Waals surface area contributed by atoms with Crippen molar-refractivity contribution in [3.8, 4) is 0 Å². The van der Waals surface area contributed by atoms with Gasteiger partial charge in [-0.2, -0.15) is 0 Å². The van der Waals surface area contributed by atoms with Crippen LogP contribution in [0, 0.1) is 0 Å². The Morgan fingerprint density at radius 3 is 2.29 bits per heavy atom. The van der Waals surface area contributed by atoms with E-state index in [2.05, 4.69) is 5.32 Å². The van der Waals surface area contributed by atoms with Gasteiger partial charge in [0.2, 0.25) is 5.91 Å². The summed E-state index contributed by atoms with van der Waals surface area (Å²) >= 11 is 0. The van der Waals surface area contributed by atoms with Crippen LogP contribution in [-0.2, 0) is 4.79 Å². The Balaban J connectivity index is 2.30. The summed E-state index contributed by atoms with van der Waals surface area (Å²) in [7, 11) is 0. The second-order valence-electron chi connectivity index (χ2n) is 4.54. The molecule has 21 heavy (non-hydrogen) atoms. The molecule has 0 heterocycles. The van der Waals surface area contributed by atoms with Crippen LogP contribution in [0.15, 0.2) is 48.5 Å². The third-order valence-corrected chi connectivity index (χ3v) is 2.85. The van der Waals surface area contributed by atoms with E-state index in [0.717, 1.165) is 11.1 Å². The van der Waals surface area contributed by atoms with Gasteiger partial charge in [0.25, 0.3) is 0 Å². The largest absolute Gasteiger partial charge is 0.478 e. The van der Waals surface area contributed by atoms with Crippen molar-refractivity contribution in [1.29, 1.82) is 0 Å². The van der Waals surface area contributed by atoms with E-state index in [0.29, 0.717) is 5.69 Å². The summed E-state index contributed by atoms with van der Waals surface area (Å²) in [6, 6.07) is 14.6. The molecule has 0 radical (unpaired) electrons. The number of anilines is 1. The van der Waals surface area contributed by atoms with Crippen molar-refractivity contribution in [3.63, 3.8) is 0 Å². The number of amides is 1. The predicted molar refractivity (Wildman–Crippen MR) is 83.1 cm³/mol. The van der Waals surface area contributed by atoms with E-state index in [9.17, 15) is 14.7 Å². The molecule has 0 aliphatic rings. The fourth-order valence-electron chi connectivity index (χ4n) is 1.90. The maximum atomic E-state index is 11.3. The van der Waals surface area contributed by atoms with Crippen LogP contribution in [0.4, 0.5) is 5.69 Å². The number of carbonyl (C=O) groups is 2. The maximum Gasteiger partial charge on any atom is 0.337 e. The highest BCUT2D eigenvalue weighted by Crippen LogP contribution is 2.19. The Bertz CT molecular complexity index is 690. The molecule has 0 unspecified atom stereocenters. The first-order valence-electron chi connectivity index (χ1n) is 6.44. The van der Waals surface area contributed by atoms with Crippen molar-refractivity contribution >= 4 is 29.7 Å². The van der Waals surface area contributed by atoms with E-state index in [1.165, 1.54) is 13.0 Å². The summed E-state index contributed by atoms with van der Waals surface area (Å²) in [5, 5.41) is 11.7. The van der Waals surface area contributed by atoms with E-state index in [1.54, 1.807) is 12.1 Å². The Labute approximate surface area is 122 Å². The van der Waals surface area contributed by atoms with E-state index in [1.807, 2.05) is 42.5 Å². The Hall–Kier alpha value is -2.88. The van der Waals surface area contributed by atoms with Gasteiger partial charge >= 0.3 is 5.97 Å². The smallest absolute Gasteiger partial charge is 0.337 e. The van der Waals surface area contributed by atoms with Gasteiger partial charge in [0.05, 0.1) is 11.3 Å². The van der Waals surface area contributed by atoms with Crippen molar-refractivity contribution in [2.24, 2.45) is 0 Å². The topological polar surface area (TPSA) is 66.4 Å². The van der Waals surface area contributed by atoms with Crippen LogP contribution in [0.3, 0.4) is 0 Å². The molecule has 2 rings (SSSR count). The Morgan fingerprint density at radius 2 is 1.67 bits per heavy atom. The van der Waals surface area contributed by atoms with E-state index in [4.69, 9.17) is 0 Å². The summed E-state index contributed by atoms with van der Waals surface area (Å²) in [4.78, 5) is 22.3. The fourth-order valence-corrected chi connectivity index (χ4v) is 1.90. The first kappa shape index (κ1) is 14.5. The highest BCUT2D eigenvalue weighted by atomic mass is 16.4. The SMILES string of the molecule is CC(=O)Nc1ccc(C=Cc2ccccc2)cc1C(=O)O. The van der Waals surface area contributed by atoms with Crippen LogP contribution < -0.4 is 5.32 Å². The number of rotatable bonds is 4. The van der Waals surface area contributed by atoms with Crippen molar-refractivity contribution in [3.05, 3.63) is 65.2 Å². The van der Waals surface area contributed by atoms with Crippen LogP contribution in [0.2, 0.25) is 0 Å². The number of nitrogens with one attached hydrogen (secondary N) is 1. The molecule has 0 aromatic heterocycles. The lowest BCUT2D eigenvalue weighted by atomic mass is 10.1. The minimum atomic E-state index is -1.08. The zero-order valence-electron chi connectivity index (χ0n) is 11.5. The molecule has 2 aromatic rings. The molecule has 4 heteroatoms. The average molecular weight is 281 g/mol. The number of hydrogen-bond acceptors (Lipinski definition) is 2. The fraction of sp³-hybridized carbons (Fsp3) is 0.0588. The molecule has 2 aromatic carbocycles. The lowest BCUT2D eigenvalue weighted by Gasteiger charge is -2.07. The molecular formula is C17H15NO3. The second kappa shape index (κ2) is 6.52. The molecule has 0 atom stereocenters. The molecular weight excluding hydrogens is 266 g/mol. The normalized spacial score (nSPS) is 10.5. The summed E-state index contributed by atoms with van der Waals surface area (Å²) in [6.45, 7) is 1.34. The number of hydrogen-bond donors (Lipinski definition) is 2. The van der Waals surface area contributed by atoms with Crippen molar-refractivity contribution in [2.75, 3.05) is 5.32 Å². The minimum Gasteiger partial charge on any atom is -0.478 e. The molecule has 0 aliphatic heterocycles. The van der Waals surface area contributed by atoms with Gasteiger partial charge in [-0.3, -0.25) is 4.79 Å². The molecule has 106 valence electrons. The van der Waals surface area contributed by atoms with Gasteiger partial charge in [-0.25, -0.2) is 4.79 Å². The van der Waals surface area contributed by atoms with E-state index < -0.39 is 5.97 Å². The lowest BCUT2D eigenvalue weighted by Crippen LogP contribution is -2.10. The number of carboxylic acid groups (broad SMARTS) is 1. The minimum absolute atomic E-state index is 0.0698. The van der Waals surface area contributed by atoms with Crippen LogP contribution >= 0.6 is 0 Å². The third-order valence-electron chi connectivity index (χ3n) is 2.85. The number of aromatic carboxylic acids is 1. The van der Waals surface area contributed by atoms with Gasteiger partial charge in [-0.15, -0.1) is 0 Å². The molecule has 0 spiro atoms. The van der Waals surface area contributed by atoms with Crippen molar-refractivity contribution in [1.82, 2.24) is 0 Å². The molecule has 0 aliphatic carbocycles. The Kier molecular flexibility index (Phi) is 4.51. The van der Waals surface area contributed by atoms with Gasteiger partial charge in [0, 0.05) is 6.92 Å². The quantitative estimate of drug-likeness (QED) is 0.843. The molecule has 0 fully saturated rings. The number of carboxylic acids is 1. The summed E-state index contributed by atoms with van der Waals surface area (Å²) in [5.74, 6) is -1.38. The first-order valence-corrected chi connectivity index (χ1v) is 6.44. The second-order valence-corrected chi connectivity index (χ2v) is 4.54. The van der Waals surface area contributed by atoms with Crippen LogP contribution in [0.25, 0.3) is 12.2 Å². The Morgan fingerprint density at radius 1 is 1.00 bits per heavy atom. The monoisotopic (exact) mass is 281 g/mol. The van der Waals surface area contributed by atoms with Gasteiger partial charge in [0.15, 0.2) is 0 Å². The summed E-state index contributed by atoms with van der Waals surface area (Å²) in [6.07, 6.45) is 3.73. The van der Waals surface area contributed by atoms with Crippen molar-refractivity contribution < 1.29 is 14.7 Å². The maximum absolute atomic E-state index is 11.3. The van der Waals surface area contributed by atoms with Crippen LogP contribution in [0.1, 0.15) is 28.4 Å². The summed E-state index contributed by atoms with van der Waals surface area (Å²) < 4.78 is 0. The highest BCUT2D eigenvalue weighted by molar-refractivity contribution is 6.00.